The van der Waals surface area contributed by atoms with Gasteiger partial charge in [0.25, 0.3) is 0 Å². The summed E-state index contributed by atoms with van der Waals surface area (Å²) in [7, 11) is 0. The monoisotopic (exact) mass is 341 g/mol. The number of carbonyl (C=O) groups is 1. The van der Waals surface area contributed by atoms with Crippen molar-refractivity contribution in [2.45, 2.75) is 65.5 Å². The number of benzene rings is 1. The van der Waals surface area contributed by atoms with Crippen molar-refractivity contribution in [3.05, 3.63) is 41.0 Å². The first kappa shape index (κ1) is 17.5. The van der Waals surface area contributed by atoms with Gasteiger partial charge in [0.15, 0.2) is 5.82 Å². The second kappa shape index (κ2) is 7.68. The number of nitrogens with one attached hydrogen (secondary N) is 2. The summed E-state index contributed by atoms with van der Waals surface area (Å²) >= 11 is 0. The minimum atomic E-state index is -0.178. The number of anilines is 1. The summed E-state index contributed by atoms with van der Waals surface area (Å²) in [6.45, 7) is 7.13. The molecule has 0 fully saturated rings. The van der Waals surface area contributed by atoms with Crippen molar-refractivity contribution in [3.8, 4) is 0 Å². The van der Waals surface area contributed by atoms with E-state index in [0.717, 1.165) is 61.5 Å². The second-order valence-corrected chi connectivity index (χ2v) is 6.45. The maximum Gasteiger partial charge on any atom is 0.319 e. The van der Waals surface area contributed by atoms with Gasteiger partial charge in [-0.2, -0.15) is 5.10 Å². The predicted molar refractivity (Wildman–Crippen MR) is 98.7 cm³/mol. The third-order valence-electron chi connectivity index (χ3n) is 4.75. The topological polar surface area (TPSA) is 71.8 Å². The van der Waals surface area contributed by atoms with Crippen LogP contribution in [0.4, 0.5) is 10.5 Å². The number of amides is 2. The Morgan fingerprint density at radius 2 is 2.08 bits per heavy atom. The van der Waals surface area contributed by atoms with Gasteiger partial charge in [-0.05, 0) is 42.9 Å². The van der Waals surface area contributed by atoms with Crippen LogP contribution >= 0.6 is 0 Å². The zero-order valence-electron chi connectivity index (χ0n) is 15.3. The van der Waals surface area contributed by atoms with Gasteiger partial charge >= 0.3 is 6.03 Å². The summed E-state index contributed by atoms with van der Waals surface area (Å²) in [6.07, 6.45) is 4.53. The molecule has 1 aliphatic rings. The lowest BCUT2D eigenvalue weighted by atomic mass is 10.1. The molecule has 134 valence electrons. The molecule has 0 radical (unpaired) electrons. The molecule has 2 amide bonds. The SMILES string of the molecule is CCc1ccc(CC)c(NC(=O)N[C@H]2CCCn3nc(CC)nc32)c1. The van der Waals surface area contributed by atoms with E-state index in [4.69, 9.17) is 0 Å². The van der Waals surface area contributed by atoms with Gasteiger partial charge in [0.2, 0.25) is 0 Å². The number of carbonyl (C=O) groups excluding carboxylic acids is 1. The van der Waals surface area contributed by atoms with Crippen LogP contribution in [0.15, 0.2) is 18.2 Å². The molecule has 25 heavy (non-hydrogen) atoms. The Morgan fingerprint density at radius 3 is 2.80 bits per heavy atom. The summed E-state index contributed by atoms with van der Waals surface area (Å²) in [5.41, 5.74) is 3.26. The molecule has 2 N–H and O–H groups in total. The molecule has 1 aliphatic heterocycles. The smallest absolute Gasteiger partial charge is 0.319 e. The molecule has 0 bridgehead atoms. The summed E-state index contributed by atoms with van der Waals surface area (Å²) in [4.78, 5) is 17.1. The largest absolute Gasteiger partial charge is 0.328 e. The Bertz CT molecular complexity index is 752. The maximum absolute atomic E-state index is 12.6. The van der Waals surface area contributed by atoms with Crippen molar-refractivity contribution in [3.63, 3.8) is 0 Å². The van der Waals surface area contributed by atoms with E-state index in [1.807, 2.05) is 11.6 Å². The quantitative estimate of drug-likeness (QED) is 0.872. The molecule has 0 aliphatic carbocycles. The first-order chi connectivity index (χ1) is 12.1. The van der Waals surface area contributed by atoms with E-state index < -0.39 is 0 Å². The lowest BCUT2D eigenvalue weighted by Gasteiger charge is -2.23. The Hall–Kier alpha value is -2.37. The van der Waals surface area contributed by atoms with Crippen LogP contribution < -0.4 is 10.6 Å². The van der Waals surface area contributed by atoms with Crippen LogP contribution in [0, 0.1) is 0 Å². The molecule has 1 atom stereocenters. The molecule has 0 saturated carbocycles. The van der Waals surface area contributed by atoms with Crippen LogP contribution in [0.3, 0.4) is 0 Å². The minimum Gasteiger partial charge on any atom is -0.328 e. The first-order valence-corrected chi connectivity index (χ1v) is 9.27. The third-order valence-corrected chi connectivity index (χ3v) is 4.75. The van der Waals surface area contributed by atoms with Crippen molar-refractivity contribution < 1.29 is 4.79 Å². The number of hydrogen-bond acceptors (Lipinski definition) is 3. The Labute approximate surface area is 149 Å². The van der Waals surface area contributed by atoms with Crippen molar-refractivity contribution in [1.29, 1.82) is 0 Å². The molecule has 2 heterocycles. The normalized spacial score (nSPS) is 16.4. The van der Waals surface area contributed by atoms with E-state index >= 15 is 0 Å². The Kier molecular flexibility index (Phi) is 5.36. The van der Waals surface area contributed by atoms with Crippen LogP contribution in [0.2, 0.25) is 0 Å². The predicted octanol–water partition coefficient (Wildman–Crippen LogP) is 3.62. The summed E-state index contributed by atoms with van der Waals surface area (Å²) in [5, 5.41) is 10.6. The molecule has 6 nitrogen and oxygen atoms in total. The highest BCUT2D eigenvalue weighted by Crippen LogP contribution is 2.24. The van der Waals surface area contributed by atoms with Gasteiger partial charge in [0, 0.05) is 18.7 Å². The van der Waals surface area contributed by atoms with Crippen LogP contribution in [-0.4, -0.2) is 20.8 Å². The lowest BCUT2D eigenvalue weighted by molar-refractivity contribution is 0.244. The number of aryl methyl sites for hydroxylation is 4. The first-order valence-electron chi connectivity index (χ1n) is 9.27. The molecule has 1 aromatic heterocycles. The third kappa shape index (κ3) is 3.83. The minimum absolute atomic E-state index is 0.0824. The molecule has 0 saturated heterocycles. The van der Waals surface area contributed by atoms with Gasteiger partial charge in [-0.15, -0.1) is 0 Å². The lowest BCUT2D eigenvalue weighted by Crippen LogP contribution is -2.36. The van der Waals surface area contributed by atoms with Crippen LogP contribution in [-0.2, 0) is 25.8 Å². The van der Waals surface area contributed by atoms with E-state index in [-0.39, 0.29) is 12.1 Å². The summed E-state index contributed by atoms with van der Waals surface area (Å²) < 4.78 is 1.93. The molecule has 1 aromatic carbocycles. The zero-order valence-corrected chi connectivity index (χ0v) is 15.3. The second-order valence-electron chi connectivity index (χ2n) is 6.45. The van der Waals surface area contributed by atoms with Gasteiger partial charge in [0.1, 0.15) is 5.82 Å². The Morgan fingerprint density at radius 1 is 1.24 bits per heavy atom. The number of urea groups is 1. The van der Waals surface area contributed by atoms with Crippen molar-refractivity contribution in [2.24, 2.45) is 0 Å². The number of nitrogens with zero attached hydrogens (tertiary/aromatic N) is 3. The highest BCUT2D eigenvalue weighted by Gasteiger charge is 2.25. The Balaban J connectivity index is 1.73. The molecular formula is C19H27N5O. The number of fused-ring (bicyclic) bond motifs is 1. The summed E-state index contributed by atoms with van der Waals surface area (Å²) in [5.74, 6) is 1.71. The van der Waals surface area contributed by atoms with Crippen LogP contribution in [0.5, 0.6) is 0 Å². The standard InChI is InChI=1S/C19H27N5O/c1-4-13-9-10-14(5-2)16(12-13)21-19(25)20-15-8-7-11-24-18(15)22-17(6-3)23-24/h9-10,12,15H,4-8,11H2,1-3H3,(H2,20,21,25)/t15-/m0/s1. The fraction of sp³-hybridized carbons (Fsp3) is 0.526. The van der Waals surface area contributed by atoms with Gasteiger partial charge < -0.3 is 10.6 Å². The molecular weight excluding hydrogens is 314 g/mol. The van der Waals surface area contributed by atoms with Gasteiger partial charge in [-0.3, -0.25) is 0 Å². The van der Waals surface area contributed by atoms with Crippen LogP contribution in [0.25, 0.3) is 0 Å². The molecule has 2 aromatic rings. The molecule has 0 spiro atoms. The van der Waals surface area contributed by atoms with Crippen molar-refractivity contribution >= 4 is 11.7 Å². The maximum atomic E-state index is 12.6. The molecule has 3 rings (SSSR count). The zero-order chi connectivity index (χ0) is 17.8. The van der Waals surface area contributed by atoms with E-state index in [9.17, 15) is 4.79 Å². The fourth-order valence-electron chi connectivity index (χ4n) is 3.27. The fourth-order valence-corrected chi connectivity index (χ4v) is 3.27. The molecule has 6 heteroatoms. The van der Waals surface area contributed by atoms with Gasteiger partial charge in [-0.25, -0.2) is 14.5 Å². The van der Waals surface area contributed by atoms with Crippen molar-refractivity contribution in [1.82, 2.24) is 20.1 Å². The van der Waals surface area contributed by atoms with Gasteiger partial charge in [0.05, 0.1) is 6.04 Å². The van der Waals surface area contributed by atoms with E-state index in [0.29, 0.717) is 0 Å². The molecule has 0 unspecified atom stereocenters. The van der Waals surface area contributed by atoms with E-state index in [2.05, 4.69) is 52.8 Å². The highest BCUT2D eigenvalue weighted by atomic mass is 16.2. The number of aromatic nitrogens is 3. The van der Waals surface area contributed by atoms with Gasteiger partial charge in [-0.1, -0.05) is 32.9 Å². The number of hydrogen-bond donors (Lipinski definition) is 2. The van der Waals surface area contributed by atoms with E-state index in [1.165, 1.54) is 5.56 Å². The summed E-state index contributed by atoms with van der Waals surface area (Å²) in [6, 6.07) is 6.02. The number of rotatable bonds is 5. The average Bonchev–Trinajstić information content (AvgIpc) is 3.06. The van der Waals surface area contributed by atoms with Crippen molar-refractivity contribution in [2.75, 3.05) is 5.32 Å². The van der Waals surface area contributed by atoms with Crippen LogP contribution in [0.1, 0.15) is 62.4 Å². The van der Waals surface area contributed by atoms with E-state index in [1.54, 1.807) is 0 Å². The highest BCUT2D eigenvalue weighted by molar-refractivity contribution is 5.90. The average molecular weight is 341 g/mol.